The fraction of sp³-hybridized carbons (Fsp3) is 0.381. The highest BCUT2D eigenvalue weighted by Crippen LogP contribution is 2.32. The smallest absolute Gasteiger partial charge is 0.257 e. The maximum atomic E-state index is 12.7. The molecular formula is C21H23N3O2S. The summed E-state index contributed by atoms with van der Waals surface area (Å²) in [4.78, 5) is 29.9. The van der Waals surface area contributed by atoms with Crippen LogP contribution in [0.15, 0.2) is 34.1 Å². The molecule has 1 aliphatic heterocycles. The minimum atomic E-state index is -0.182. The van der Waals surface area contributed by atoms with Gasteiger partial charge in [0.1, 0.15) is 0 Å². The van der Waals surface area contributed by atoms with Crippen molar-refractivity contribution in [1.82, 2.24) is 9.88 Å². The highest BCUT2D eigenvalue weighted by Gasteiger charge is 2.24. The number of likely N-dealkylation sites (tertiary alicyclic amines) is 1. The summed E-state index contributed by atoms with van der Waals surface area (Å²) in [6, 6.07) is 7.76. The van der Waals surface area contributed by atoms with Gasteiger partial charge < -0.3 is 15.3 Å². The zero-order chi connectivity index (χ0) is 18.8. The number of aromatic amines is 1. The Morgan fingerprint density at radius 2 is 1.89 bits per heavy atom. The molecular weight excluding hydrogens is 358 g/mol. The first-order chi connectivity index (χ1) is 13.2. The van der Waals surface area contributed by atoms with Crippen LogP contribution in [0.1, 0.15) is 51.9 Å². The molecule has 1 aromatic carbocycles. The Kier molecular flexibility index (Phi) is 5.16. The summed E-state index contributed by atoms with van der Waals surface area (Å²) in [5.74, 6) is 0.745. The molecule has 0 spiro atoms. The van der Waals surface area contributed by atoms with Crippen LogP contribution < -0.4 is 5.56 Å². The van der Waals surface area contributed by atoms with Crippen LogP contribution in [0.5, 0.6) is 0 Å². The lowest BCUT2D eigenvalue weighted by molar-refractivity contribution is 0.0651. The summed E-state index contributed by atoms with van der Waals surface area (Å²) in [5, 5.41) is 8.47. The van der Waals surface area contributed by atoms with Gasteiger partial charge in [0.2, 0.25) is 0 Å². The molecule has 1 amide bonds. The fourth-order valence-corrected chi connectivity index (χ4v) is 4.92. The van der Waals surface area contributed by atoms with E-state index in [0.29, 0.717) is 11.3 Å². The number of thioether (sulfide) groups is 1. The summed E-state index contributed by atoms with van der Waals surface area (Å²) >= 11 is 1.59. The molecule has 1 aliphatic carbocycles. The molecule has 5 nitrogen and oxygen atoms in total. The van der Waals surface area contributed by atoms with Gasteiger partial charge in [-0.15, -0.1) is 11.8 Å². The number of H-pyrrole nitrogens is 1. The monoisotopic (exact) mass is 381 g/mol. The van der Waals surface area contributed by atoms with Crippen molar-refractivity contribution in [2.45, 2.75) is 42.9 Å². The number of benzene rings is 1. The Balaban J connectivity index is 1.61. The second-order valence-electron chi connectivity index (χ2n) is 7.10. The van der Waals surface area contributed by atoms with Gasteiger partial charge >= 0.3 is 0 Å². The highest BCUT2D eigenvalue weighted by atomic mass is 32.2. The van der Waals surface area contributed by atoms with Crippen molar-refractivity contribution in [3.05, 3.63) is 62.4 Å². The molecule has 6 heteroatoms. The Morgan fingerprint density at radius 3 is 2.59 bits per heavy atom. The van der Waals surface area contributed by atoms with E-state index >= 15 is 0 Å². The van der Waals surface area contributed by atoms with Crippen molar-refractivity contribution in [2.75, 3.05) is 13.1 Å². The van der Waals surface area contributed by atoms with E-state index in [0.717, 1.165) is 66.9 Å². The van der Waals surface area contributed by atoms with E-state index in [9.17, 15) is 9.59 Å². The molecule has 27 heavy (non-hydrogen) atoms. The lowest BCUT2D eigenvalue weighted by atomic mass is 9.90. The van der Waals surface area contributed by atoms with Gasteiger partial charge in [0.15, 0.2) is 0 Å². The second kappa shape index (κ2) is 7.72. The van der Waals surface area contributed by atoms with Gasteiger partial charge in [0.05, 0.1) is 10.6 Å². The molecule has 0 atom stereocenters. The molecule has 2 heterocycles. The van der Waals surface area contributed by atoms with Gasteiger partial charge in [-0.05, 0) is 54.9 Å². The van der Waals surface area contributed by atoms with E-state index in [1.807, 2.05) is 29.2 Å². The third kappa shape index (κ3) is 3.46. The van der Waals surface area contributed by atoms with E-state index in [1.165, 1.54) is 11.8 Å². The van der Waals surface area contributed by atoms with Crippen LogP contribution in [0.3, 0.4) is 0 Å². The number of carbonyl (C=O) groups is 1. The Labute approximate surface area is 162 Å². The van der Waals surface area contributed by atoms with Gasteiger partial charge in [-0.1, -0.05) is 18.2 Å². The number of fused-ring (bicyclic) bond motifs is 1. The molecule has 140 valence electrons. The van der Waals surface area contributed by atoms with Crippen LogP contribution in [-0.2, 0) is 18.6 Å². The molecule has 0 saturated carbocycles. The lowest BCUT2D eigenvalue weighted by Crippen LogP contribution is -2.42. The zero-order valence-corrected chi connectivity index (χ0v) is 16.0. The zero-order valence-electron chi connectivity index (χ0n) is 15.2. The summed E-state index contributed by atoms with van der Waals surface area (Å²) in [6.07, 6.45) is 6.22. The highest BCUT2D eigenvalue weighted by molar-refractivity contribution is 7.98. The van der Waals surface area contributed by atoms with Gasteiger partial charge in [0, 0.05) is 30.6 Å². The third-order valence-electron chi connectivity index (χ3n) is 5.45. The average Bonchev–Trinajstić information content (AvgIpc) is 2.65. The van der Waals surface area contributed by atoms with Crippen molar-refractivity contribution in [3.63, 3.8) is 0 Å². The number of amides is 1. The number of aromatic nitrogens is 1. The minimum Gasteiger partial charge on any atom is -0.339 e. The first-order valence-corrected chi connectivity index (χ1v) is 10.5. The standard InChI is InChI=1S/C21H23N3O2S/c22-12-18-16-8-3-4-9-17(16)20(23-19(18)25)27-13-14-6-1-2-7-15(14)21(26)24-10-5-11-24/h1-2,6-7,12,22H,3-5,8-11,13H2,(H,23,25). The molecule has 2 N–H and O–H groups in total. The Bertz CT molecular complexity index is 947. The maximum Gasteiger partial charge on any atom is 0.257 e. The predicted molar refractivity (Wildman–Crippen MR) is 108 cm³/mol. The van der Waals surface area contributed by atoms with Crippen LogP contribution in [0, 0.1) is 5.41 Å². The minimum absolute atomic E-state index is 0.104. The van der Waals surface area contributed by atoms with Gasteiger partial charge in [-0.3, -0.25) is 9.59 Å². The van der Waals surface area contributed by atoms with Crippen LogP contribution in [0.25, 0.3) is 0 Å². The van der Waals surface area contributed by atoms with Crippen LogP contribution >= 0.6 is 11.8 Å². The van der Waals surface area contributed by atoms with Crippen LogP contribution in [0.4, 0.5) is 0 Å². The Morgan fingerprint density at radius 1 is 1.15 bits per heavy atom. The molecule has 1 aromatic heterocycles. The largest absolute Gasteiger partial charge is 0.339 e. The van der Waals surface area contributed by atoms with Crippen molar-refractivity contribution >= 4 is 23.9 Å². The summed E-state index contributed by atoms with van der Waals surface area (Å²) in [5.41, 5.74) is 4.29. The fourth-order valence-electron chi connectivity index (χ4n) is 3.81. The lowest BCUT2D eigenvalue weighted by Gasteiger charge is -2.31. The number of nitrogens with zero attached hydrogens (tertiary/aromatic N) is 1. The summed E-state index contributed by atoms with van der Waals surface area (Å²) in [6.45, 7) is 1.68. The molecule has 1 saturated heterocycles. The van der Waals surface area contributed by atoms with Crippen molar-refractivity contribution < 1.29 is 4.79 Å². The van der Waals surface area contributed by atoms with E-state index in [4.69, 9.17) is 5.41 Å². The quantitative estimate of drug-likeness (QED) is 0.616. The number of pyridine rings is 1. The topological polar surface area (TPSA) is 77.0 Å². The summed E-state index contributed by atoms with van der Waals surface area (Å²) in [7, 11) is 0. The molecule has 2 aliphatic rings. The van der Waals surface area contributed by atoms with E-state index in [2.05, 4.69) is 4.98 Å². The first kappa shape index (κ1) is 18.0. The average molecular weight is 382 g/mol. The normalized spacial score (nSPS) is 15.8. The molecule has 0 unspecified atom stereocenters. The molecule has 2 aromatic rings. The van der Waals surface area contributed by atoms with Gasteiger partial charge in [-0.2, -0.15) is 0 Å². The van der Waals surface area contributed by atoms with Crippen molar-refractivity contribution in [3.8, 4) is 0 Å². The van der Waals surface area contributed by atoms with E-state index < -0.39 is 0 Å². The first-order valence-electron chi connectivity index (χ1n) is 9.47. The molecule has 0 bridgehead atoms. The van der Waals surface area contributed by atoms with E-state index in [-0.39, 0.29) is 11.5 Å². The predicted octanol–water partition coefficient (Wildman–Crippen LogP) is 3.39. The van der Waals surface area contributed by atoms with Gasteiger partial charge in [0.25, 0.3) is 11.5 Å². The van der Waals surface area contributed by atoms with E-state index in [1.54, 1.807) is 11.8 Å². The third-order valence-corrected chi connectivity index (χ3v) is 6.54. The van der Waals surface area contributed by atoms with Gasteiger partial charge in [-0.25, -0.2) is 0 Å². The van der Waals surface area contributed by atoms with Crippen molar-refractivity contribution in [1.29, 1.82) is 5.41 Å². The SMILES string of the molecule is N=Cc1c2c(c(SCc3ccccc3C(=O)N3CCC3)[nH]c1=O)CCCC2. The molecule has 1 fully saturated rings. The number of carbonyl (C=O) groups excluding carboxylic acids is 1. The second-order valence-corrected chi connectivity index (χ2v) is 8.08. The van der Waals surface area contributed by atoms with Crippen LogP contribution in [-0.4, -0.2) is 35.1 Å². The number of hydrogen-bond acceptors (Lipinski definition) is 4. The summed E-state index contributed by atoms with van der Waals surface area (Å²) < 4.78 is 0. The molecule has 0 radical (unpaired) electrons. The number of hydrogen-bond donors (Lipinski definition) is 2. The maximum absolute atomic E-state index is 12.7. The number of nitrogens with one attached hydrogen (secondary N) is 2. The Hall–Kier alpha value is -2.34. The van der Waals surface area contributed by atoms with Crippen molar-refractivity contribution in [2.24, 2.45) is 0 Å². The van der Waals surface area contributed by atoms with Crippen LogP contribution in [0.2, 0.25) is 0 Å². The number of rotatable bonds is 5. The molecule has 4 rings (SSSR count).